The van der Waals surface area contributed by atoms with E-state index in [1.165, 1.54) is 25.7 Å². The Morgan fingerprint density at radius 2 is 2.21 bits per heavy atom. The minimum absolute atomic E-state index is 0.192. The molecule has 2 unspecified atom stereocenters. The zero-order valence-electron chi connectivity index (χ0n) is 11.3. The number of thiazole rings is 1. The van der Waals surface area contributed by atoms with Gasteiger partial charge >= 0.3 is 0 Å². The third-order valence-corrected chi connectivity index (χ3v) is 5.09. The van der Waals surface area contributed by atoms with Crippen LogP contribution < -0.4 is 10.6 Å². The molecular weight excluding hydrogens is 258 g/mol. The fourth-order valence-electron chi connectivity index (χ4n) is 3.35. The van der Waals surface area contributed by atoms with Crippen LogP contribution in [0.2, 0.25) is 0 Å². The zero-order valence-corrected chi connectivity index (χ0v) is 12.1. The van der Waals surface area contributed by atoms with Crippen LogP contribution in [-0.4, -0.2) is 23.0 Å². The lowest BCUT2D eigenvalue weighted by atomic mass is 9.89. The van der Waals surface area contributed by atoms with E-state index in [-0.39, 0.29) is 5.91 Å². The molecule has 0 radical (unpaired) electrons. The van der Waals surface area contributed by atoms with Gasteiger partial charge in [-0.15, -0.1) is 11.3 Å². The number of carbonyl (C=O) groups excluding carboxylic acids is 1. The summed E-state index contributed by atoms with van der Waals surface area (Å²) in [6, 6.07) is 1.33. The Hall–Kier alpha value is -0.940. The molecular formula is C14H21N3OS. The summed E-state index contributed by atoms with van der Waals surface area (Å²) >= 11 is 1.65. The van der Waals surface area contributed by atoms with Crippen LogP contribution in [0.25, 0.3) is 0 Å². The van der Waals surface area contributed by atoms with Gasteiger partial charge in [0.1, 0.15) is 0 Å². The average Bonchev–Trinajstić information content (AvgIpc) is 2.93. The van der Waals surface area contributed by atoms with Crippen molar-refractivity contribution in [2.45, 2.75) is 57.7 Å². The second kappa shape index (κ2) is 5.59. The van der Waals surface area contributed by atoms with Crippen molar-refractivity contribution in [1.82, 2.24) is 15.6 Å². The molecule has 4 nitrogen and oxygen atoms in total. The Balaban J connectivity index is 1.44. The van der Waals surface area contributed by atoms with Gasteiger partial charge in [-0.2, -0.15) is 0 Å². The molecule has 1 amide bonds. The van der Waals surface area contributed by atoms with Gasteiger partial charge in [-0.25, -0.2) is 4.98 Å². The molecule has 2 fully saturated rings. The van der Waals surface area contributed by atoms with Crippen molar-refractivity contribution < 1.29 is 4.79 Å². The topological polar surface area (TPSA) is 54.0 Å². The number of aromatic nitrogens is 1. The van der Waals surface area contributed by atoms with E-state index in [0.29, 0.717) is 31.0 Å². The molecule has 1 aromatic heterocycles. The van der Waals surface area contributed by atoms with Crippen LogP contribution in [0.3, 0.4) is 0 Å². The summed E-state index contributed by atoms with van der Waals surface area (Å²) in [5.74, 6) is 0.763. The molecule has 0 saturated carbocycles. The molecule has 3 heterocycles. The van der Waals surface area contributed by atoms with Crippen molar-refractivity contribution in [3.05, 3.63) is 16.1 Å². The molecule has 2 aliphatic rings. The van der Waals surface area contributed by atoms with E-state index < -0.39 is 0 Å². The fraction of sp³-hybridized carbons (Fsp3) is 0.714. The smallest absolute Gasteiger partial charge is 0.220 e. The maximum atomic E-state index is 12.0. The van der Waals surface area contributed by atoms with E-state index in [1.54, 1.807) is 11.3 Å². The quantitative estimate of drug-likeness (QED) is 0.886. The Morgan fingerprint density at radius 1 is 1.47 bits per heavy atom. The van der Waals surface area contributed by atoms with Gasteiger partial charge in [-0.1, -0.05) is 0 Å². The number of fused-ring (bicyclic) bond motifs is 2. The molecule has 19 heavy (non-hydrogen) atoms. The minimum atomic E-state index is 0.192. The van der Waals surface area contributed by atoms with Crippen molar-refractivity contribution in [3.8, 4) is 0 Å². The summed E-state index contributed by atoms with van der Waals surface area (Å²) in [4.78, 5) is 17.3. The molecule has 1 aromatic rings. The summed E-state index contributed by atoms with van der Waals surface area (Å²) in [6.07, 6.45) is 7.47. The largest absolute Gasteiger partial charge is 0.351 e. The van der Waals surface area contributed by atoms with Gasteiger partial charge in [0.05, 0.1) is 11.6 Å². The molecule has 2 aliphatic heterocycles. The molecule has 3 rings (SSSR count). The van der Waals surface area contributed by atoms with Gasteiger partial charge in [-0.3, -0.25) is 4.79 Å². The second-order valence-electron chi connectivity index (χ2n) is 5.80. The maximum Gasteiger partial charge on any atom is 0.220 e. The Bertz CT molecular complexity index is 447. The first kappa shape index (κ1) is 13.1. The summed E-state index contributed by atoms with van der Waals surface area (Å²) in [6.45, 7) is 2.61. The Morgan fingerprint density at radius 3 is 2.84 bits per heavy atom. The molecule has 0 aromatic carbocycles. The highest BCUT2D eigenvalue weighted by molar-refractivity contribution is 7.11. The van der Waals surface area contributed by atoms with Crippen molar-refractivity contribution in [3.63, 3.8) is 0 Å². The monoisotopic (exact) mass is 279 g/mol. The van der Waals surface area contributed by atoms with E-state index in [4.69, 9.17) is 0 Å². The summed E-state index contributed by atoms with van der Waals surface area (Å²) < 4.78 is 0. The molecule has 0 aliphatic carbocycles. The van der Waals surface area contributed by atoms with E-state index >= 15 is 0 Å². The number of aryl methyl sites for hydroxylation is 1. The van der Waals surface area contributed by atoms with E-state index in [2.05, 4.69) is 15.6 Å². The van der Waals surface area contributed by atoms with Gasteiger partial charge in [0.2, 0.25) is 5.91 Å². The summed E-state index contributed by atoms with van der Waals surface area (Å²) in [7, 11) is 0. The molecule has 0 spiro atoms. The SMILES string of the molecule is Cc1ncc(CNC(=O)CC2CC3CCC(C2)N3)s1. The first-order valence-corrected chi connectivity index (χ1v) is 7.95. The number of piperidine rings is 1. The van der Waals surface area contributed by atoms with Crippen LogP contribution >= 0.6 is 11.3 Å². The van der Waals surface area contributed by atoms with Gasteiger partial charge in [0.25, 0.3) is 0 Å². The Kier molecular flexibility index (Phi) is 3.84. The lowest BCUT2D eigenvalue weighted by molar-refractivity contribution is -0.122. The van der Waals surface area contributed by atoms with Gasteiger partial charge in [0.15, 0.2) is 0 Å². The van der Waals surface area contributed by atoms with Crippen molar-refractivity contribution in [2.75, 3.05) is 0 Å². The minimum Gasteiger partial charge on any atom is -0.351 e. The summed E-state index contributed by atoms with van der Waals surface area (Å²) in [5, 5.41) is 7.69. The number of rotatable bonds is 4. The molecule has 2 saturated heterocycles. The number of nitrogens with zero attached hydrogens (tertiary/aromatic N) is 1. The van der Waals surface area contributed by atoms with Gasteiger partial charge < -0.3 is 10.6 Å². The Labute approximate surface area is 118 Å². The van der Waals surface area contributed by atoms with Crippen LogP contribution in [0.5, 0.6) is 0 Å². The third-order valence-electron chi connectivity index (χ3n) is 4.17. The molecule has 2 N–H and O–H groups in total. The predicted molar refractivity (Wildman–Crippen MR) is 76.0 cm³/mol. The number of hydrogen-bond acceptors (Lipinski definition) is 4. The lowest BCUT2D eigenvalue weighted by Gasteiger charge is -2.28. The number of amides is 1. The second-order valence-corrected chi connectivity index (χ2v) is 7.12. The first-order valence-electron chi connectivity index (χ1n) is 7.13. The van der Waals surface area contributed by atoms with Crippen molar-refractivity contribution in [1.29, 1.82) is 0 Å². The molecule has 2 atom stereocenters. The summed E-state index contributed by atoms with van der Waals surface area (Å²) in [5.41, 5.74) is 0. The lowest BCUT2D eigenvalue weighted by Crippen LogP contribution is -2.39. The zero-order chi connectivity index (χ0) is 13.2. The van der Waals surface area contributed by atoms with E-state index in [0.717, 1.165) is 9.88 Å². The van der Waals surface area contributed by atoms with Crippen LogP contribution in [0.4, 0.5) is 0 Å². The predicted octanol–water partition coefficient (Wildman–Crippen LogP) is 1.99. The third kappa shape index (κ3) is 3.34. The fourth-order valence-corrected chi connectivity index (χ4v) is 4.08. The first-order chi connectivity index (χ1) is 9.19. The normalized spacial score (nSPS) is 29.4. The highest BCUT2D eigenvalue weighted by Crippen LogP contribution is 2.32. The highest BCUT2D eigenvalue weighted by atomic mass is 32.1. The molecule has 5 heteroatoms. The van der Waals surface area contributed by atoms with Crippen LogP contribution in [0, 0.1) is 12.8 Å². The maximum absolute atomic E-state index is 12.0. The van der Waals surface area contributed by atoms with Gasteiger partial charge in [-0.05, 0) is 38.5 Å². The average molecular weight is 279 g/mol. The highest BCUT2D eigenvalue weighted by Gasteiger charge is 2.34. The number of hydrogen-bond donors (Lipinski definition) is 2. The molecule has 104 valence electrons. The van der Waals surface area contributed by atoms with Crippen LogP contribution in [0.15, 0.2) is 6.20 Å². The van der Waals surface area contributed by atoms with Crippen LogP contribution in [0.1, 0.15) is 42.0 Å². The number of carbonyl (C=O) groups is 1. The van der Waals surface area contributed by atoms with Gasteiger partial charge in [0, 0.05) is 29.6 Å². The van der Waals surface area contributed by atoms with Crippen molar-refractivity contribution >= 4 is 17.2 Å². The number of nitrogens with one attached hydrogen (secondary N) is 2. The van der Waals surface area contributed by atoms with E-state index in [9.17, 15) is 4.79 Å². The van der Waals surface area contributed by atoms with Crippen LogP contribution in [-0.2, 0) is 11.3 Å². The van der Waals surface area contributed by atoms with E-state index in [1.807, 2.05) is 13.1 Å². The standard InChI is InChI=1S/C14H21N3OS/c1-9-15-7-13(19-9)8-16-14(18)6-10-4-11-2-3-12(5-10)17-11/h7,10-12,17H,2-6,8H2,1H3,(H,16,18). The molecule has 2 bridgehead atoms. The van der Waals surface area contributed by atoms with Crippen molar-refractivity contribution in [2.24, 2.45) is 5.92 Å².